The van der Waals surface area contributed by atoms with Crippen LogP contribution in [0.15, 0.2) is 48.5 Å². The first-order valence-corrected chi connectivity index (χ1v) is 9.34. The minimum atomic E-state index is -0.651. The normalized spacial score (nSPS) is 15.2. The van der Waals surface area contributed by atoms with Gasteiger partial charge in [-0.1, -0.05) is 30.3 Å². The van der Waals surface area contributed by atoms with Gasteiger partial charge >= 0.3 is 0 Å². The number of piperidine rings is 1. The number of amides is 2. The second-order valence-electron chi connectivity index (χ2n) is 6.93. The van der Waals surface area contributed by atoms with E-state index in [0.717, 1.165) is 37.2 Å². The Bertz CT molecular complexity index is 801. The summed E-state index contributed by atoms with van der Waals surface area (Å²) in [5.41, 5.74) is 14.5. The average molecular weight is 366 g/mol. The lowest BCUT2D eigenvalue weighted by atomic mass is 10.0. The van der Waals surface area contributed by atoms with Crippen LogP contribution in [0.4, 0.5) is 11.4 Å². The van der Waals surface area contributed by atoms with E-state index in [0.29, 0.717) is 17.7 Å². The molecule has 0 unspecified atom stereocenters. The molecule has 1 fully saturated rings. The number of anilines is 2. The molecule has 0 aromatic heterocycles. The van der Waals surface area contributed by atoms with Crippen LogP contribution in [0.1, 0.15) is 35.2 Å². The van der Waals surface area contributed by atoms with Gasteiger partial charge in [-0.2, -0.15) is 0 Å². The van der Waals surface area contributed by atoms with Gasteiger partial charge in [-0.25, -0.2) is 0 Å². The number of primary amides is 1. The van der Waals surface area contributed by atoms with Gasteiger partial charge in [0.15, 0.2) is 0 Å². The number of hydrogen-bond donors (Lipinski definition) is 3. The molecule has 3 rings (SSSR count). The fraction of sp³-hybridized carbons (Fsp3) is 0.333. The molecule has 1 atom stereocenters. The van der Waals surface area contributed by atoms with Crippen LogP contribution in [0.3, 0.4) is 0 Å². The van der Waals surface area contributed by atoms with Crippen molar-refractivity contribution in [2.75, 3.05) is 23.3 Å². The number of nitrogens with zero attached hydrogens (tertiary/aromatic N) is 1. The summed E-state index contributed by atoms with van der Waals surface area (Å²) in [5, 5.41) is 2.86. The number of benzene rings is 2. The highest BCUT2D eigenvalue weighted by molar-refractivity contribution is 6.01. The molecule has 1 aliphatic heterocycles. The molecule has 0 spiro atoms. The maximum absolute atomic E-state index is 12.5. The van der Waals surface area contributed by atoms with Crippen LogP contribution in [-0.4, -0.2) is 30.9 Å². The third-order valence-corrected chi connectivity index (χ3v) is 4.86. The molecule has 2 aromatic rings. The maximum atomic E-state index is 12.5. The van der Waals surface area contributed by atoms with Crippen LogP contribution < -0.4 is 21.7 Å². The average Bonchev–Trinajstić information content (AvgIpc) is 2.69. The lowest BCUT2D eigenvalue weighted by molar-refractivity contribution is -0.117. The molecule has 2 aromatic carbocycles. The Labute approximate surface area is 159 Å². The van der Waals surface area contributed by atoms with E-state index >= 15 is 0 Å². The Morgan fingerprint density at radius 1 is 1.04 bits per heavy atom. The summed E-state index contributed by atoms with van der Waals surface area (Å²) in [7, 11) is 0. The zero-order valence-electron chi connectivity index (χ0n) is 15.4. The van der Waals surface area contributed by atoms with Crippen LogP contribution >= 0.6 is 0 Å². The first-order chi connectivity index (χ1) is 13.0. The summed E-state index contributed by atoms with van der Waals surface area (Å²) in [5.74, 6) is -0.718. The number of carbonyl (C=O) groups is 2. The van der Waals surface area contributed by atoms with Gasteiger partial charge < -0.3 is 21.7 Å². The highest BCUT2D eigenvalue weighted by atomic mass is 16.2. The van der Waals surface area contributed by atoms with Crippen molar-refractivity contribution in [3.05, 3.63) is 59.7 Å². The van der Waals surface area contributed by atoms with E-state index in [1.165, 1.54) is 6.42 Å². The number of carbonyl (C=O) groups excluding carboxylic acids is 2. The molecular weight excluding hydrogens is 340 g/mol. The van der Waals surface area contributed by atoms with Crippen molar-refractivity contribution in [2.24, 2.45) is 11.5 Å². The van der Waals surface area contributed by atoms with Gasteiger partial charge in [-0.05, 0) is 49.4 Å². The summed E-state index contributed by atoms with van der Waals surface area (Å²) < 4.78 is 0. The van der Waals surface area contributed by atoms with Crippen molar-refractivity contribution >= 4 is 23.2 Å². The van der Waals surface area contributed by atoms with E-state index < -0.39 is 11.9 Å². The predicted molar refractivity (Wildman–Crippen MR) is 108 cm³/mol. The van der Waals surface area contributed by atoms with Crippen LogP contribution in [0, 0.1) is 0 Å². The van der Waals surface area contributed by atoms with E-state index in [4.69, 9.17) is 11.5 Å². The maximum Gasteiger partial charge on any atom is 0.250 e. The molecule has 0 saturated carbocycles. The van der Waals surface area contributed by atoms with E-state index in [1.807, 2.05) is 36.4 Å². The largest absolute Gasteiger partial charge is 0.371 e. The zero-order valence-corrected chi connectivity index (χ0v) is 15.4. The van der Waals surface area contributed by atoms with Crippen LogP contribution in [-0.2, 0) is 11.2 Å². The summed E-state index contributed by atoms with van der Waals surface area (Å²) in [6, 6.07) is 14.2. The minimum Gasteiger partial charge on any atom is -0.371 e. The molecule has 1 aliphatic rings. The molecule has 0 bridgehead atoms. The fourth-order valence-electron chi connectivity index (χ4n) is 3.41. The van der Waals surface area contributed by atoms with E-state index in [2.05, 4.69) is 10.2 Å². The molecule has 142 valence electrons. The first-order valence-electron chi connectivity index (χ1n) is 9.34. The SMILES string of the molecule is NC(=O)c1ccc(NC(=O)[C@@H](N)Cc2ccccc2)cc1N1CCCCC1. The third-order valence-electron chi connectivity index (χ3n) is 4.86. The van der Waals surface area contributed by atoms with Crippen molar-refractivity contribution in [3.63, 3.8) is 0 Å². The molecular formula is C21H26N4O2. The first kappa shape index (κ1) is 18.9. The van der Waals surface area contributed by atoms with Gasteiger partial charge in [0.05, 0.1) is 17.3 Å². The molecule has 5 N–H and O–H groups in total. The molecule has 6 nitrogen and oxygen atoms in total. The molecule has 0 radical (unpaired) electrons. The predicted octanol–water partition coefficient (Wildman–Crippen LogP) is 2.28. The van der Waals surface area contributed by atoms with Gasteiger partial charge in [0.25, 0.3) is 5.91 Å². The zero-order chi connectivity index (χ0) is 19.2. The van der Waals surface area contributed by atoms with Crippen LogP contribution in [0.5, 0.6) is 0 Å². The Morgan fingerprint density at radius 2 is 1.74 bits per heavy atom. The molecule has 2 amide bonds. The third kappa shape index (κ3) is 4.86. The number of hydrogen-bond acceptors (Lipinski definition) is 4. The highest BCUT2D eigenvalue weighted by Crippen LogP contribution is 2.27. The van der Waals surface area contributed by atoms with E-state index in [-0.39, 0.29) is 5.91 Å². The summed E-state index contributed by atoms with van der Waals surface area (Å²) in [4.78, 5) is 26.4. The Hall–Kier alpha value is -2.86. The van der Waals surface area contributed by atoms with Gasteiger partial charge in [-0.15, -0.1) is 0 Å². The van der Waals surface area contributed by atoms with Gasteiger partial charge in [0, 0.05) is 18.8 Å². The number of nitrogens with two attached hydrogens (primary N) is 2. The van der Waals surface area contributed by atoms with Gasteiger partial charge in [-0.3, -0.25) is 9.59 Å². The lowest BCUT2D eigenvalue weighted by Crippen LogP contribution is -2.37. The van der Waals surface area contributed by atoms with Crippen molar-refractivity contribution in [1.82, 2.24) is 0 Å². The minimum absolute atomic E-state index is 0.254. The summed E-state index contributed by atoms with van der Waals surface area (Å²) in [6.07, 6.45) is 3.81. The summed E-state index contributed by atoms with van der Waals surface area (Å²) >= 11 is 0. The number of rotatable bonds is 6. The van der Waals surface area contributed by atoms with Crippen molar-refractivity contribution in [2.45, 2.75) is 31.7 Å². The summed E-state index contributed by atoms with van der Waals surface area (Å²) in [6.45, 7) is 1.76. The van der Waals surface area contributed by atoms with Crippen LogP contribution in [0.2, 0.25) is 0 Å². The van der Waals surface area contributed by atoms with Crippen molar-refractivity contribution in [3.8, 4) is 0 Å². The quantitative estimate of drug-likeness (QED) is 0.730. The Kier molecular flexibility index (Phi) is 6.08. The second-order valence-corrected chi connectivity index (χ2v) is 6.93. The monoisotopic (exact) mass is 366 g/mol. The molecule has 6 heteroatoms. The standard InChI is InChI=1S/C21H26N4O2/c22-18(13-15-7-3-1-4-8-15)21(27)24-16-9-10-17(20(23)26)19(14-16)25-11-5-2-6-12-25/h1,3-4,7-10,14,18H,2,5-6,11-13,22H2,(H2,23,26)(H,24,27)/t18-/m0/s1. The van der Waals surface area contributed by atoms with Crippen molar-refractivity contribution < 1.29 is 9.59 Å². The molecule has 1 saturated heterocycles. The molecule has 0 aliphatic carbocycles. The van der Waals surface area contributed by atoms with Gasteiger partial charge in [0.1, 0.15) is 0 Å². The number of nitrogens with one attached hydrogen (secondary N) is 1. The molecule has 1 heterocycles. The topological polar surface area (TPSA) is 101 Å². The Balaban J connectivity index is 1.74. The van der Waals surface area contributed by atoms with E-state index in [9.17, 15) is 9.59 Å². The second kappa shape index (κ2) is 8.68. The lowest BCUT2D eigenvalue weighted by Gasteiger charge is -2.30. The van der Waals surface area contributed by atoms with Crippen molar-refractivity contribution in [1.29, 1.82) is 0 Å². The Morgan fingerprint density at radius 3 is 2.41 bits per heavy atom. The van der Waals surface area contributed by atoms with E-state index in [1.54, 1.807) is 12.1 Å². The highest BCUT2D eigenvalue weighted by Gasteiger charge is 2.19. The van der Waals surface area contributed by atoms with Gasteiger partial charge in [0.2, 0.25) is 5.91 Å². The molecule has 27 heavy (non-hydrogen) atoms. The smallest absolute Gasteiger partial charge is 0.250 e. The fourth-order valence-corrected chi connectivity index (χ4v) is 3.41. The van der Waals surface area contributed by atoms with Crippen LogP contribution in [0.25, 0.3) is 0 Å².